The van der Waals surface area contributed by atoms with Crippen molar-refractivity contribution < 1.29 is 27.2 Å². The van der Waals surface area contributed by atoms with E-state index in [1.54, 1.807) is 29.8 Å². The highest BCUT2D eigenvalue weighted by atomic mass is 19.4. The Bertz CT molecular complexity index is 1290. The number of ether oxygens (including phenoxy) is 1. The number of nitrogens with zero attached hydrogens (tertiary/aromatic N) is 3. The van der Waals surface area contributed by atoms with Gasteiger partial charge in [0.1, 0.15) is 12.3 Å². The van der Waals surface area contributed by atoms with Crippen molar-refractivity contribution in [3.63, 3.8) is 0 Å². The Balaban J connectivity index is 1.63. The van der Waals surface area contributed by atoms with Crippen molar-refractivity contribution in [1.29, 1.82) is 0 Å². The van der Waals surface area contributed by atoms with Crippen molar-refractivity contribution in [3.8, 4) is 28.6 Å². The van der Waals surface area contributed by atoms with E-state index >= 15 is 0 Å². The summed E-state index contributed by atoms with van der Waals surface area (Å²) in [4.78, 5) is 15.7. The molecule has 0 radical (unpaired) electrons. The topological polar surface area (TPSA) is 96.2 Å². The fourth-order valence-electron chi connectivity index (χ4n) is 3.35. The van der Waals surface area contributed by atoms with Gasteiger partial charge in [-0.2, -0.15) is 18.2 Å². The number of aryl methyl sites for hydroxylation is 1. The Hall–Kier alpha value is -3.82. The van der Waals surface area contributed by atoms with Crippen LogP contribution in [0.25, 0.3) is 33.7 Å². The van der Waals surface area contributed by atoms with E-state index in [9.17, 15) is 18.0 Å². The van der Waals surface area contributed by atoms with E-state index in [4.69, 9.17) is 15.0 Å². The molecule has 1 atom stereocenters. The number of hydrogen-bond donors (Lipinski definition) is 1. The maximum Gasteiger partial charge on any atom is 0.425 e. The monoisotopic (exact) mass is 444 g/mol. The van der Waals surface area contributed by atoms with Gasteiger partial charge in [-0.3, -0.25) is 4.79 Å². The molecule has 2 N–H and O–H groups in total. The number of benzene rings is 2. The average molecular weight is 444 g/mol. The molecule has 0 aliphatic rings. The van der Waals surface area contributed by atoms with Gasteiger partial charge in [0.05, 0.1) is 0 Å². The molecule has 166 valence electrons. The van der Waals surface area contributed by atoms with Crippen LogP contribution in [0.4, 0.5) is 13.2 Å². The van der Waals surface area contributed by atoms with Gasteiger partial charge < -0.3 is 19.6 Å². The molecule has 0 aliphatic carbocycles. The number of hydrogen-bond acceptors (Lipinski definition) is 5. The first-order valence-corrected chi connectivity index (χ1v) is 9.68. The maximum atomic E-state index is 12.8. The van der Waals surface area contributed by atoms with E-state index < -0.39 is 18.2 Å². The van der Waals surface area contributed by atoms with Gasteiger partial charge in [0.2, 0.25) is 11.7 Å². The zero-order chi connectivity index (χ0) is 23.0. The Labute approximate surface area is 180 Å². The molecular weight excluding hydrogens is 425 g/mol. The van der Waals surface area contributed by atoms with Crippen molar-refractivity contribution in [2.45, 2.75) is 32.7 Å². The fourth-order valence-corrected chi connectivity index (χ4v) is 3.35. The quantitative estimate of drug-likeness (QED) is 0.473. The Morgan fingerprint density at radius 3 is 2.72 bits per heavy atom. The van der Waals surface area contributed by atoms with Crippen LogP contribution in [0.3, 0.4) is 0 Å². The van der Waals surface area contributed by atoms with Crippen molar-refractivity contribution in [1.82, 2.24) is 14.7 Å². The Morgan fingerprint density at radius 1 is 1.25 bits per heavy atom. The van der Waals surface area contributed by atoms with Gasteiger partial charge >= 0.3 is 6.18 Å². The highest BCUT2D eigenvalue weighted by Crippen LogP contribution is 2.32. The van der Waals surface area contributed by atoms with Gasteiger partial charge in [-0.05, 0) is 49.7 Å². The number of carbonyl (C=O) groups excluding carboxylic acids is 1. The fraction of sp³-hybridized carbons (Fsp3) is 0.227. The second-order valence-electron chi connectivity index (χ2n) is 7.35. The number of aromatic nitrogens is 3. The molecule has 0 fully saturated rings. The molecule has 0 bridgehead atoms. The van der Waals surface area contributed by atoms with Crippen LogP contribution in [0, 0.1) is 6.92 Å². The largest absolute Gasteiger partial charge is 0.481 e. The minimum absolute atomic E-state index is 0.0467. The first kappa shape index (κ1) is 21.4. The molecule has 1 unspecified atom stereocenters. The molecule has 4 aromatic rings. The van der Waals surface area contributed by atoms with Crippen molar-refractivity contribution >= 4 is 16.8 Å². The van der Waals surface area contributed by atoms with Gasteiger partial charge in [-0.1, -0.05) is 17.3 Å². The molecule has 10 heteroatoms. The molecule has 0 aliphatic heterocycles. The van der Waals surface area contributed by atoms with Crippen molar-refractivity contribution in [2.75, 3.05) is 0 Å². The first-order valence-electron chi connectivity index (χ1n) is 9.68. The van der Waals surface area contributed by atoms with Gasteiger partial charge in [-0.25, -0.2) is 0 Å². The zero-order valence-electron chi connectivity index (χ0n) is 17.2. The molecule has 2 heterocycles. The van der Waals surface area contributed by atoms with Crippen LogP contribution >= 0.6 is 0 Å². The predicted octanol–water partition coefficient (Wildman–Crippen LogP) is 4.48. The average Bonchev–Trinajstić information content (AvgIpc) is 3.36. The Kier molecular flexibility index (Phi) is 5.37. The Morgan fingerprint density at radius 2 is 2.03 bits per heavy atom. The number of halogens is 3. The lowest BCUT2D eigenvalue weighted by molar-refractivity contribution is -0.189. The summed E-state index contributed by atoms with van der Waals surface area (Å²) in [5.41, 5.74) is 7.85. The number of alkyl halides is 3. The van der Waals surface area contributed by atoms with Crippen LogP contribution in [0.1, 0.15) is 12.5 Å². The molecule has 0 saturated heterocycles. The van der Waals surface area contributed by atoms with E-state index in [1.165, 1.54) is 6.07 Å². The van der Waals surface area contributed by atoms with Gasteiger partial charge in [0.15, 0.2) is 6.10 Å². The van der Waals surface area contributed by atoms with E-state index in [2.05, 4.69) is 10.1 Å². The highest BCUT2D eigenvalue weighted by molar-refractivity contribution is 5.94. The van der Waals surface area contributed by atoms with Crippen LogP contribution < -0.4 is 10.5 Å². The standard InChI is InChI=1S/C22H19F3N4O3/c1-12-10-14(6-7-18(12)31-13(2)22(23,24)25)21-27-20(28-32-21)16-4-3-5-17-15(16)8-9-29(17)11-19(26)30/h3-10,13H,11H2,1-2H3,(H2,26,30). The summed E-state index contributed by atoms with van der Waals surface area (Å²) in [5, 5.41) is 4.87. The third kappa shape index (κ3) is 4.16. The highest BCUT2D eigenvalue weighted by Gasteiger charge is 2.38. The summed E-state index contributed by atoms with van der Waals surface area (Å²) in [6.45, 7) is 2.64. The molecule has 0 spiro atoms. The lowest BCUT2D eigenvalue weighted by atomic mass is 10.1. The molecule has 32 heavy (non-hydrogen) atoms. The summed E-state index contributed by atoms with van der Waals surface area (Å²) in [6, 6.07) is 12.0. The van der Waals surface area contributed by atoms with Crippen molar-refractivity contribution in [3.05, 3.63) is 54.2 Å². The molecule has 2 aromatic heterocycles. The third-order valence-corrected chi connectivity index (χ3v) is 4.99. The second-order valence-corrected chi connectivity index (χ2v) is 7.35. The molecule has 4 rings (SSSR count). The third-order valence-electron chi connectivity index (χ3n) is 4.99. The molecule has 2 aromatic carbocycles. The number of fused-ring (bicyclic) bond motifs is 1. The molecule has 0 saturated carbocycles. The summed E-state index contributed by atoms with van der Waals surface area (Å²) < 4.78 is 50.4. The molecule has 7 nitrogen and oxygen atoms in total. The van der Waals surface area contributed by atoms with E-state index in [0.29, 0.717) is 22.5 Å². The van der Waals surface area contributed by atoms with Crippen LogP contribution in [-0.4, -0.2) is 32.9 Å². The summed E-state index contributed by atoms with van der Waals surface area (Å²) >= 11 is 0. The number of nitrogens with two attached hydrogens (primary N) is 1. The zero-order valence-corrected chi connectivity index (χ0v) is 17.2. The molecule has 1 amide bonds. The lowest BCUT2D eigenvalue weighted by Crippen LogP contribution is -2.31. The maximum absolute atomic E-state index is 12.8. The van der Waals surface area contributed by atoms with Crippen molar-refractivity contribution in [2.24, 2.45) is 5.73 Å². The SMILES string of the molecule is Cc1cc(-c2nc(-c3cccc4c3ccn4CC(N)=O)no2)ccc1OC(C)C(F)(F)F. The summed E-state index contributed by atoms with van der Waals surface area (Å²) in [6.07, 6.45) is -4.63. The van der Waals surface area contributed by atoms with E-state index in [-0.39, 0.29) is 18.2 Å². The normalized spacial score (nSPS) is 12.8. The number of amides is 1. The summed E-state index contributed by atoms with van der Waals surface area (Å²) in [5.74, 6) is 0.222. The van der Waals surface area contributed by atoms with Crippen LogP contribution in [-0.2, 0) is 11.3 Å². The first-order chi connectivity index (χ1) is 15.1. The van der Waals surface area contributed by atoms with Gasteiger partial charge in [0.25, 0.3) is 5.89 Å². The lowest BCUT2D eigenvalue weighted by Gasteiger charge is -2.19. The van der Waals surface area contributed by atoms with Crippen LogP contribution in [0.2, 0.25) is 0 Å². The van der Waals surface area contributed by atoms with Crippen LogP contribution in [0.15, 0.2) is 53.2 Å². The van der Waals surface area contributed by atoms with Crippen LogP contribution in [0.5, 0.6) is 5.75 Å². The van der Waals surface area contributed by atoms with E-state index in [1.807, 2.05) is 24.3 Å². The number of primary amides is 1. The van der Waals surface area contributed by atoms with Gasteiger partial charge in [0, 0.05) is 28.2 Å². The smallest absolute Gasteiger partial charge is 0.425 e. The van der Waals surface area contributed by atoms with E-state index in [0.717, 1.165) is 17.8 Å². The summed E-state index contributed by atoms with van der Waals surface area (Å²) in [7, 11) is 0. The second kappa shape index (κ2) is 8.03. The predicted molar refractivity (Wildman–Crippen MR) is 111 cm³/mol. The number of carbonyl (C=O) groups is 1. The minimum atomic E-state index is -4.45. The van der Waals surface area contributed by atoms with Gasteiger partial charge in [-0.15, -0.1) is 0 Å². The minimum Gasteiger partial charge on any atom is -0.481 e. The number of rotatable bonds is 6. The molecular formula is C22H19F3N4O3.